The van der Waals surface area contributed by atoms with Crippen molar-refractivity contribution in [3.63, 3.8) is 0 Å². The molecule has 0 aliphatic carbocycles. The molecule has 0 unspecified atom stereocenters. The van der Waals surface area contributed by atoms with Gasteiger partial charge in [0, 0.05) is 36.8 Å². The fourth-order valence-corrected chi connectivity index (χ4v) is 4.29. The number of piperazine rings is 1. The summed E-state index contributed by atoms with van der Waals surface area (Å²) in [6.45, 7) is 1.97. The Morgan fingerprint density at radius 2 is 1.76 bits per heavy atom. The molecular weight excluding hydrogens is 432 g/mol. The summed E-state index contributed by atoms with van der Waals surface area (Å²) in [5, 5.41) is 6.34. The minimum atomic E-state index is -3.19. The standard InChI is InChI=1S/C19H21ClN4O3S2/c1-29(26,27)24-11-9-23(10-12-24)17-8-3-2-7-16(17)21-19(28)22-18(25)14-5-4-6-15(20)13-14/h2-8,13H,9-12H2,1H3,(H2,21,22,25,28). The Hall–Kier alpha value is -2.20. The summed E-state index contributed by atoms with van der Waals surface area (Å²) in [5.74, 6) is -0.357. The Balaban J connectivity index is 1.66. The van der Waals surface area contributed by atoms with Gasteiger partial charge in [-0.15, -0.1) is 0 Å². The summed E-state index contributed by atoms with van der Waals surface area (Å²) in [6, 6.07) is 14.1. The number of nitrogens with one attached hydrogen (secondary N) is 2. The first-order valence-electron chi connectivity index (χ1n) is 8.91. The first-order chi connectivity index (χ1) is 13.7. The Labute approximate surface area is 180 Å². The van der Waals surface area contributed by atoms with Gasteiger partial charge in [-0.25, -0.2) is 8.42 Å². The number of carbonyl (C=O) groups excluding carboxylic acids is 1. The molecule has 10 heteroatoms. The van der Waals surface area contributed by atoms with Crippen molar-refractivity contribution in [2.75, 3.05) is 42.7 Å². The van der Waals surface area contributed by atoms with Gasteiger partial charge in [0.05, 0.1) is 17.6 Å². The molecular formula is C19H21ClN4O3S2. The maximum absolute atomic E-state index is 12.3. The van der Waals surface area contributed by atoms with Crippen molar-refractivity contribution in [2.45, 2.75) is 0 Å². The van der Waals surface area contributed by atoms with Crippen LogP contribution in [0.1, 0.15) is 10.4 Å². The predicted octanol–water partition coefficient (Wildman–Crippen LogP) is 2.55. The van der Waals surface area contributed by atoms with Gasteiger partial charge in [-0.05, 0) is 42.5 Å². The lowest BCUT2D eigenvalue weighted by molar-refractivity contribution is 0.0977. The lowest BCUT2D eigenvalue weighted by atomic mass is 10.2. The van der Waals surface area contributed by atoms with Crippen molar-refractivity contribution in [3.05, 3.63) is 59.1 Å². The minimum Gasteiger partial charge on any atom is -0.367 e. The van der Waals surface area contributed by atoms with E-state index < -0.39 is 10.0 Å². The number of amides is 1. The second-order valence-corrected chi connectivity index (χ2v) is 9.41. The zero-order chi connectivity index (χ0) is 21.0. The zero-order valence-corrected chi connectivity index (χ0v) is 18.1. The highest BCUT2D eigenvalue weighted by Gasteiger charge is 2.24. The van der Waals surface area contributed by atoms with E-state index in [1.54, 1.807) is 24.3 Å². The van der Waals surface area contributed by atoms with Crippen LogP contribution in [0.4, 0.5) is 11.4 Å². The molecule has 0 atom stereocenters. The van der Waals surface area contributed by atoms with E-state index in [0.29, 0.717) is 36.8 Å². The molecule has 2 aromatic rings. The Bertz CT molecular complexity index is 1020. The van der Waals surface area contributed by atoms with Gasteiger partial charge < -0.3 is 10.2 Å². The van der Waals surface area contributed by atoms with Crippen LogP contribution in [0.2, 0.25) is 5.02 Å². The van der Waals surface area contributed by atoms with Gasteiger partial charge in [-0.1, -0.05) is 29.8 Å². The summed E-state index contributed by atoms with van der Waals surface area (Å²) in [5.41, 5.74) is 2.03. The number of carbonyl (C=O) groups is 1. The summed E-state index contributed by atoms with van der Waals surface area (Å²) >= 11 is 11.2. The van der Waals surface area contributed by atoms with Gasteiger partial charge in [-0.2, -0.15) is 4.31 Å². The van der Waals surface area contributed by atoms with Crippen molar-refractivity contribution in [3.8, 4) is 0 Å². The molecule has 1 fully saturated rings. The fourth-order valence-electron chi connectivity index (χ4n) is 3.07. The number of rotatable bonds is 4. The molecule has 1 amide bonds. The van der Waals surface area contributed by atoms with Crippen LogP contribution in [-0.2, 0) is 10.0 Å². The molecule has 1 heterocycles. The molecule has 1 saturated heterocycles. The van der Waals surface area contributed by atoms with Crippen LogP contribution < -0.4 is 15.5 Å². The van der Waals surface area contributed by atoms with Crippen LogP contribution in [0.25, 0.3) is 0 Å². The number of hydrogen-bond acceptors (Lipinski definition) is 5. The van der Waals surface area contributed by atoms with Crippen molar-refractivity contribution < 1.29 is 13.2 Å². The predicted molar refractivity (Wildman–Crippen MR) is 120 cm³/mol. The topological polar surface area (TPSA) is 81.8 Å². The number of para-hydroxylation sites is 2. The number of halogens is 1. The first kappa shape index (κ1) is 21.5. The molecule has 2 N–H and O–H groups in total. The van der Waals surface area contributed by atoms with E-state index in [-0.39, 0.29) is 11.0 Å². The van der Waals surface area contributed by atoms with E-state index in [1.807, 2.05) is 24.3 Å². The van der Waals surface area contributed by atoms with Crippen molar-refractivity contribution in [1.29, 1.82) is 0 Å². The van der Waals surface area contributed by atoms with E-state index in [0.717, 1.165) is 11.4 Å². The number of sulfonamides is 1. The number of hydrogen-bond donors (Lipinski definition) is 2. The van der Waals surface area contributed by atoms with E-state index in [1.165, 1.54) is 10.6 Å². The van der Waals surface area contributed by atoms with Crippen LogP contribution in [0.5, 0.6) is 0 Å². The maximum atomic E-state index is 12.3. The fraction of sp³-hybridized carbons (Fsp3) is 0.263. The molecule has 0 spiro atoms. The quantitative estimate of drug-likeness (QED) is 0.694. The second kappa shape index (κ2) is 9.08. The highest BCUT2D eigenvalue weighted by Crippen LogP contribution is 2.27. The monoisotopic (exact) mass is 452 g/mol. The summed E-state index contributed by atoms with van der Waals surface area (Å²) in [7, 11) is -3.19. The summed E-state index contributed by atoms with van der Waals surface area (Å²) in [6.07, 6.45) is 1.22. The molecule has 1 aliphatic heterocycles. The van der Waals surface area contributed by atoms with Gasteiger partial charge in [0.15, 0.2) is 5.11 Å². The molecule has 154 valence electrons. The maximum Gasteiger partial charge on any atom is 0.257 e. The third kappa shape index (κ3) is 5.66. The number of anilines is 2. The van der Waals surface area contributed by atoms with Crippen LogP contribution in [0.15, 0.2) is 48.5 Å². The number of thiocarbonyl (C=S) groups is 1. The van der Waals surface area contributed by atoms with Crippen LogP contribution in [0, 0.1) is 0 Å². The van der Waals surface area contributed by atoms with Crippen molar-refractivity contribution in [2.24, 2.45) is 0 Å². The van der Waals surface area contributed by atoms with E-state index in [2.05, 4.69) is 15.5 Å². The van der Waals surface area contributed by atoms with Crippen molar-refractivity contribution >= 4 is 56.2 Å². The molecule has 2 aromatic carbocycles. The van der Waals surface area contributed by atoms with Gasteiger partial charge in [0.1, 0.15) is 0 Å². The van der Waals surface area contributed by atoms with Gasteiger partial charge >= 0.3 is 0 Å². The SMILES string of the molecule is CS(=O)(=O)N1CCN(c2ccccc2NC(=S)NC(=O)c2cccc(Cl)c2)CC1. The third-order valence-electron chi connectivity index (χ3n) is 4.51. The molecule has 0 aromatic heterocycles. The van der Waals surface area contributed by atoms with Crippen LogP contribution >= 0.6 is 23.8 Å². The first-order valence-corrected chi connectivity index (χ1v) is 11.5. The van der Waals surface area contributed by atoms with Gasteiger partial charge in [0.25, 0.3) is 5.91 Å². The highest BCUT2D eigenvalue weighted by molar-refractivity contribution is 7.88. The lowest BCUT2D eigenvalue weighted by Crippen LogP contribution is -2.48. The third-order valence-corrected chi connectivity index (χ3v) is 6.26. The average molecular weight is 453 g/mol. The van der Waals surface area contributed by atoms with E-state index in [4.69, 9.17) is 23.8 Å². The Morgan fingerprint density at radius 1 is 1.07 bits per heavy atom. The molecule has 0 radical (unpaired) electrons. The van der Waals surface area contributed by atoms with Crippen molar-refractivity contribution in [1.82, 2.24) is 9.62 Å². The van der Waals surface area contributed by atoms with Crippen LogP contribution in [-0.4, -0.2) is 56.2 Å². The number of benzene rings is 2. The van der Waals surface area contributed by atoms with Gasteiger partial charge in [-0.3, -0.25) is 10.1 Å². The summed E-state index contributed by atoms with van der Waals surface area (Å²) in [4.78, 5) is 14.4. The molecule has 0 saturated carbocycles. The van der Waals surface area contributed by atoms with Crippen LogP contribution in [0.3, 0.4) is 0 Å². The molecule has 29 heavy (non-hydrogen) atoms. The highest BCUT2D eigenvalue weighted by atomic mass is 35.5. The largest absolute Gasteiger partial charge is 0.367 e. The van der Waals surface area contributed by atoms with E-state index >= 15 is 0 Å². The Kier molecular flexibility index (Phi) is 6.74. The van der Waals surface area contributed by atoms with Gasteiger partial charge in [0.2, 0.25) is 10.0 Å². The second-order valence-electron chi connectivity index (χ2n) is 6.58. The average Bonchev–Trinajstić information content (AvgIpc) is 2.68. The lowest BCUT2D eigenvalue weighted by Gasteiger charge is -2.35. The smallest absolute Gasteiger partial charge is 0.257 e. The normalized spacial score (nSPS) is 15.0. The number of nitrogens with zero attached hydrogens (tertiary/aromatic N) is 2. The minimum absolute atomic E-state index is 0.164. The molecule has 1 aliphatic rings. The summed E-state index contributed by atoms with van der Waals surface area (Å²) < 4.78 is 24.9. The van der Waals surface area contributed by atoms with E-state index in [9.17, 15) is 13.2 Å². The molecule has 7 nitrogen and oxygen atoms in total. The molecule has 0 bridgehead atoms. The zero-order valence-electron chi connectivity index (χ0n) is 15.8. The molecule has 3 rings (SSSR count). The Morgan fingerprint density at radius 3 is 2.41 bits per heavy atom.